The van der Waals surface area contributed by atoms with E-state index in [0.29, 0.717) is 6.04 Å². The highest BCUT2D eigenvalue weighted by atomic mass is 15.5. The van der Waals surface area contributed by atoms with Crippen molar-refractivity contribution < 1.29 is 0 Å². The molecule has 2 aromatic rings. The van der Waals surface area contributed by atoms with Crippen LogP contribution in [-0.4, -0.2) is 26.2 Å². The third kappa shape index (κ3) is 2.98. The van der Waals surface area contributed by atoms with Gasteiger partial charge >= 0.3 is 0 Å². The molecule has 0 radical (unpaired) electrons. The average Bonchev–Trinajstić information content (AvgIpc) is 3.03. The third-order valence-electron chi connectivity index (χ3n) is 4.28. The molecule has 0 saturated heterocycles. The van der Waals surface area contributed by atoms with Crippen LogP contribution < -0.4 is 5.32 Å². The van der Waals surface area contributed by atoms with Gasteiger partial charge in [-0.1, -0.05) is 13.3 Å². The molecule has 5 nitrogen and oxygen atoms in total. The summed E-state index contributed by atoms with van der Waals surface area (Å²) in [6, 6.07) is 8.90. The van der Waals surface area contributed by atoms with Crippen LogP contribution in [0, 0.1) is 5.92 Å². The van der Waals surface area contributed by atoms with E-state index in [1.54, 1.807) is 11.0 Å². The van der Waals surface area contributed by atoms with Gasteiger partial charge < -0.3 is 5.32 Å². The molecule has 0 spiro atoms. The Hall–Kier alpha value is -1.91. The summed E-state index contributed by atoms with van der Waals surface area (Å²) in [4.78, 5) is 0. The van der Waals surface area contributed by atoms with Crippen molar-refractivity contribution in [3.05, 3.63) is 30.6 Å². The van der Waals surface area contributed by atoms with Gasteiger partial charge in [0.25, 0.3) is 0 Å². The van der Waals surface area contributed by atoms with Crippen LogP contribution in [0.1, 0.15) is 39.0 Å². The Bertz CT molecular complexity index is 512. The van der Waals surface area contributed by atoms with E-state index in [9.17, 15) is 0 Å². The molecule has 1 fully saturated rings. The number of hydrogen-bond acceptors (Lipinski definition) is 4. The highest BCUT2D eigenvalue weighted by molar-refractivity contribution is 5.49. The Morgan fingerprint density at radius 2 is 1.90 bits per heavy atom. The second-order valence-corrected chi connectivity index (χ2v) is 5.57. The average molecular weight is 271 g/mol. The van der Waals surface area contributed by atoms with Gasteiger partial charge in [-0.25, -0.2) is 4.68 Å². The van der Waals surface area contributed by atoms with Gasteiger partial charge in [0, 0.05) is 11.7 Å². The Morgan fingerprint density at radius 1 is 1.15 bits per heavy atom. The van der Waals surface area contributed by atoms with Crippen LogP contribution in [0.15, 0.2) is 30.6 Å². The molecule has 20 heavy (non-hydrogen) atoms. The van der Waals surface area contributed by atoms with Crippen molar-refractivity contribution in [1.29, 1.82) is 0 Å². The monoisotopic (exact) mass is 271 g/mol. The SMILES string of the molecule is CCC1CCC(Nc2ccc(-n3cnnn3)cc2)CC1. The van der Waals surface area contributed by atoms with E-state index in [0.717, 1.165) is 11.6 Å². The van der Waals surface area contributed by atoms with Gasteiger partial charge in [0.1, 0.15) is 6.33 Å². The zero-order chi connectivity index (χ0) is 13.8. The van der Waals surface area contributed by atoms with Crippen molar-refractivity contribution in [1.82, 2.24) is 20.2 Å². The maximum Gasteiger partial charge on any atom is 0.143 e. The van der Waals surface area contributed by atoms with Crippen LogP contribution >= 0.6 is 0 Å². The summed E-state index contributed by atoms with van der Waals surface area (Å²) < 4.78 is 1.66. The molecule has 106 valence electrons. The van der Waals surface area contributed by atoms with Gasteiger partial charge in [-0.3, -0.25) is 0 Å². The number of tetrazole rings is 1. The van der Waals surface area contributed by atoms with E-state index in [2.05, 4.69) is 39.9 Å². The van der Waals surface area contributed by atoms with E-state index in [4.69, 9.17) is 0 Å². The van der Waals surface area contributed by atoms with Crippen molar-refractivity contribution in [3.63, 3.8) is 0 Å². The Morgan fingerprint density at radius 3 is 2.50 bits per heavy atom. The van der Waals surface area contributed by atoms with Crippen molar-refractivity contribution in [2.24, 2.45) is 5.92 Å². The quantitative estimate of drug-likeness (QED) is 0.928. The molecule has 1 aliphatic carbocycles. The minimum atomic E-state index is 0.622. The molecule has 0 unspecified atom stereocenters. The maximum absolute atomic E-state index is 3.88. The summed E-state index contributed by atoms with van der Waals surface area (Å²) >= 11 is 0. The standard InChI is InChI=1S/C15H21N5/c1-2-12-3-5-13(6-4-12)17-14-7-9-15(10-8-14)20-11-16-18-19-20/h7-13,17H,2-6H2,1H3. The van der Waals surface area contributed by atoms with Crippen molar-refractivity contribution >= 4 is 5.69 Å². The molecule has 5 heteroatoms. The molecule has 1 aromatic carbocycles. The van der Waals surface area contributed by atoms with E-state index in [1.807, 2.05) is 12.1 Å². The lowest BCUT2D eigenvalue weighted by molar-refractivity contribution is 0.330. The number of nitrogens with one attached hydrogen (secondary N) is 1. The smallest absolute Gasteiger partial charge is 0.143 e. The van der Waals surface area contributed by atoms with Crippen molar-refractivity contribution in [2.45, 2.75) is 45.1 Å². The molecule has 0 aliphatic heterocycles. The number of rotatable bonds is 4. The molecule has 3 rings (SSSR count). The first-order valence-electron chi connectivity index (χ1n) is 7.45. The lowest BCUT2D eigenvalue weighted by Gasteiger charge is -2.29. The Balaban J connectivity index is 1.59. The minimum absolute atomic E-state index is 0.622. The molecule has 1 heterocycles. The number of aromatic nitrogens is 4. The van der Waals surface area contributed by atoms with Gasteiger partial charge in [-0.15, -0.1) is 5.10 Å². The van der Waals surface area contributed by atoms with Crippen molar-refractivity contribution in [3.8, 4) is 5.69 Å². The van der Waals surface area contributed by atoms with Gasteiger partial charge in [0.15, 0.2) is 0 Å². The second-order valence-electron chi connectivity index (χ2n) is 5.57. The molecule has 0 atom stereocenters. The first-order chi connectivity index (χ1) is 9.85. The largest absolute Gasteiger partial charge is 0.382 e. The lowest BCUT2D eigenvalue weighted by atomic mass is 9.84. The molecule has 1 saturated carbocycles. The maximum atomic E-state index is 3.88. The van der Waals surface area contributed by atoms with Crippen LogP contribution in [-0.2, 0) is 0 Å². The molecule has 1 N–H and O–H groups in total. The highest BCUT2D eigenvalue weighted by Gasteiger charge is 2.19. The fourth-order valence-electron chi connectivity index (χ4n) is 2.94. The third-order valence-corrected chi connectivity index (χ3v) is 4.28. The first-order valence-corrected chi connectivity index (χ1v) is 7.45. The van der Waals surface area contributed by atoms with Crippen LogP contribution in [0.4, 0.5) is 5.69 Å². The molecule has 1 aliphatic rings. The van der Waals surface area contributed by atoms with Crippen LogP contribution in [0.25, 0.3) is 5.69 Å². The molecule has 0 bridgehead atoms. The normalized spacial score (nSPS) is 22.6. The van der Waals surface area contributed by atoms with Gasteiger partial charge in [0.05, 0.1) is 5.69 Å². The van der Waals surface area contributed by atoms with Crippen LogP contribution in [0.2, 0.25) is 0 Å². The Kier molecular flexibility index (Phi) is 3.95. The zero-order valence-corrected chi connectivity index (χ0v) is 11.9. The van der Waals surface area contributed by atoms with Crippen LogP contribution in [0.5, 0.6) is 0 Å². The van der Waals surface area contributed by atoms with E-state index in [1.165, 1.54) is 37.8 Å². The number of nitrogens with zero attached hydrogens (tertiary/aromatic N) is 4. The highest BCUT2D eigenvalue weighted by Crippen LogP contribution is 2.28. The number of benzene rings is 1. The summed E-state index contributed by atoms with van der Waals surface area (Å²) in [5, 5.41) is 14.8. The summed E-state index contributed by atoms with van der Waals surface area (Å²) in [6.07, 6.45) is 8.22. The zero-order valence-electron chi connectivity index (χ0n) is 11.9. The summed E-state index contributed by atoms with van der Waals surface area (Å²) in [5.41, 5.74) is 2.16. The molecule has 1 aromatic heterocycles. The van der Waals surface area contributed by atoms with Crippen LogP contribution in [0.3, 0.4) is 0 Å². The lowest BCUT2D eigenvalue weighted by Crippen LogP contribution is -2.25. The van der Waals surface area contributed by atoms with E-state index >= 15 is 0 Å². The van der Waals surface area contributed by atoms with E-state index < -0.39 is 0 Å². The molecular formula is C15H21N5. The molecule has 0 amide bonds. The topological polar surface area (TPSA) is 55.6 Å². The first kappa shape index (κ1) is 13.1. The summed E-state index contributed by atoms with van der Waals surface area (Å²) in [6.45, 7) is 2.30. The second kappa shape index (κ2) is 6.03. The fourth-order valence-corrected chi connectivity index (χ4v) is 2.94. The number of anilines is 1. The summed E-state index contributed by atoms with van der Waals surface area (Å²) in [5.74, 6) is 0.940. The molecular weight excluding hydrogens is 250 g/mol. The number of hydrogen-bond donors (Lipinski definition) is 1. The van der Waals surface area contributed by atoms with E-state index in [-0.39, 0.29) is 0 Å². The predicted octanol–water partition coefficient (Wildman–Crippen LogP) is 3.04. The predicted molar refractivity (Wildman–Crippen MR) is 78.8 cm³/mol. The van der Waals surface area contributed by atoms with Gasteiger partial charge in [0.2, 0.25) is 0 Å². The van der Waals surface area contributed by atoms with Crippen molar-refractivity contribution in [2.75, 3.05) is 5.32 Å². The minimum Gasteiger partial charge on any atom is -0.382 e. The van der Waals surface area contributed by atoms with Gasteiger partial charge in [-0.05, 0) is 66.3 Å². The summed E-state index contributed by atoms with van der Waals surface area (Å²) in [7, 11) is 0. The Labute approximate surface area is 119 Å². The fraction of sp³-hybridized carbons (Fsp3) is 0.533. The van der Waals surface area contributed by atoms with Gasteiger partial charge in [-0.2, -0.15) is 0 Å².